The van der Waals surface area contributed by atoms with Crippen LogP contribution in [0.1, 0.15) is 15.9 Å². The molecular weight excluding hydrogens is 268 g/mol. The molecule has 0 fully saturated rings. The van der Waals surface area contributed by atoms with Gasteiger partial charge in [-0.1, -0.05) is 42.5 Å². The first-order valence-electron chi connectivity index (χ1n) is 6.31. The fourth-order valence-corrected chi connectivity index (χ4v) is 2.05. The normalized spacial score (nSPS) is 10.5. The van der Waals surface area contributed by atoms with Crippen LogP contribution in [0.3, 0.4) is 0 Å². The number of methoxy groups -OCH3 is 1. The SMILES string of the molecule is COC(=O)c1ccccc1-c1ccccc1/C=C/C(=O)O. The van der Waals surface area contributed by atoms with Crippen molar-refractivity contribution in [2.45, 2.75) is 0 Å². The van der Waals surface area contributed by atoms with Crippen molar-refractivity contribution in [2.24, 2.45) is 0 Å². The number of carbonyl (C=O) groups is 2. The van der Waals surface area contributed by atoms with Gasteiger partial charge in [-0.3, -0.25) is 0 Å². The van der Waals surface area contributed by atoms with E-state index < -0.39 is 11.9 Å². The molecule has 0 saturated heterocycles. The summed E-state index contributed by atoms with van der Waals surface area (Å²) in [5.41, 5.74) is 2.64. The molecule has 2 rings (SSSR count). The van der Waals surface area contributed by atoms with Gasteiger partial charge in [-0.05, 0) is 28.8 Å². The number of hydrogen-bond acceptors (Lipinski definition) is 3. The molecule has 0 bridgehead atoms. The van der Waals surface area contributed by atoms with Gasteiger partial charge in [0, 0.05) is 6.08 Å². The molecular formula is C17H14O4. The molecule has 106 valence electrons. The monoisotopic (exact) mass is 282 g/mol. The largest absolute Gasteiger partial charge is 0.478 e. The lowest BCUT2D eigenvalue weighted by Gasteiger charge is -2.10. The maximum absolute atomic E-state index is 11.9. The van der Waals surface area contributed by atoms with E-state index in [0.29, 0.717) is 11.1 Å². The molecule has 0 unspecified atom stereocenters. The number of benzene rings is 2. The fraction of sp³-hybridized carbons (Fsp3) is 0.0588. The highest BCUT2D eigenvalue weighted by Gasteiger charge is 2.14. The molecule has 0 spiro atoms. The summed E-state index contributed by atoms with van der Waals surface area (Å²) in [6.45, 7) is 0. The van der Waals surface area contributed by atoms with E-state index >= 15 is 0 Å². The first kappa shape index (κ1) is 14.5. The summed E-state index contributed by atoms with van der Waals surface area (Å²) in [4.78, 5) is 22.5. The molecule has 4 nitrogen and oxygen atoms in total. The Labute approximate surface area is 122 Å². The van der Waals surface area contributed by atoms with E-state index in [9.17, 15) is 9.59 Å². The molecule has 2 aromatic carbocycles. The number of rotatable bonds is 4. The summed E-state index contributed by atoms with van der Waals surface area (Å²) in [6, 6.07) is 14.3. The number of carbonyl (C=O) groups excluding carboxylic acids is 1. The van der Waals surface area contributed by atoms with Gasteiger partial charge in [0.2, 0.25) is 0 Å². The van der Waals surface area contributed by atoms with Gasteiger partial charge in [0.25, 0.3) is 0 Å². The third-order valence-corrected chi connectivity index (χ3v) is 2.99. The highest BCUT2D eigenvalue weighted by atomic mass is 16.5. The van der Waals surface area contributed by atoms with Gasteiger partial charge in [-0.25, -0.2) is 9.59 Å². The Hall–Kier alpha value is -2.88. The van der Waals surface area contributed by atoms with Crippen LogP contribution in [-0.2, 0) is 9.53 Å². The maximum atomic E-state index is 11.9. The summed E-state index contributed by atoms with van der Waals surface area (Å²) in [7, 11) is 1.33. The Morgan fingerprint density at radius 1 is 1.00 bits per heavy atom. The second-order valence-electron chi connectivity index (χ2n) is 4.30. The Balaban J connectivity index is 2.58. The van der Waals surface area contributed by atoms with Crippen LogP contribution < -0.4 is 0 Å². The topological polar surface area (TPSA) is 63.6 Å². The van der Waals surface area contributed by atoms with Crippen LogP contribution >= 0.6 is 0 Å². The molecule has 0 saturated carbocycles. The lowest BCUT2D eigenvalue weighted by Crippen LogP contribution is -2.03. The van der Waals surface area contributed by atoms with Gasteiger partial charge < -0.3 is 9.84 Å². The zero-order valence-corrected chi connectivity index (χ0v) is 11.4. The van der Waals surface area contributed by atoms with E-state index in [1.54, 1.807) is 24.3 Å². The Bertz CT molecular complexity index is 701. The van der Waals surface area contributed by atoms with E-state index in [1.165, 1.54) is 13.2 Å². The van der Waals surface area contributed by atoms with Crippen molar-refractivity contribution in [2.75, 3.05) is 7.11 Å². The molecule has 21 heavy (non-hydrogen) atoms. The number of ether oxygens (including phenoxy) is 1. The van der Waals surface area contributed by atoms with Crippen LogP contribution in [-0.4, -0.2) is 24.2 Å². The van der Waals surface area contributed by atoms with Crippen molar-refractivity contribution in [3.05, 3.63) is 65.7 Å². The molecule has 0 aliphatic rings. The minimum absolute atomic E-state index is 0.428. The van der Waals surface area contributed by atoms with Crippen molar-refractivity contribution in [3.8, 4) is 11.1 Å². The summed E-state index contributed by atoms with van der Waals surface area (Å²) in [5, 5.41) is 8.76. The zero-order chi connectivity index (χ0) is 15.2. The predicted molar refractivity (Wildman–Crippen MR) is 79.9 cm³/mol. The van der Waals surface area contributed by atoms with Gasteiger partial charge in [0.05, 0.1) is 12.7 Å². The summed E-state index contributed by atoms with van der Waals surface area (Å²) >= 11 is 0. The number of carboxylic acid groups (broad SMARTS) is 1. The third-order valence-electron chi connectivity index (χ3n) is 2.99. The summed E-state index contributed by atoms with van der Waals surface area (Å²) in [6.07, 6.45) is 2.57. The average Bonchev–Trinajstić information content (AvgIpc) is 2.52. The highest BCUT2D eigenvalue weighted by Crippen LogP contribution is 2.28. The standard InChI is InChI=1S/C17H14O4/c1-21-17(20)15-9-5-4-8-14(15)13-7-3-2-6-12(13)10-11-16(18)19/h2-11H,1H3,(H,18,19)/b11-10+. The quantitative estimate of drug-likeness (QED) is 0.690. The van der Waals surface area contributed by atoms with Crippen LogP contribution in [0.15, 0.2) is 54.6 Å². The smallest absolute Gasteiger partial charge is 0.338 e. The fourth-order valence-electron chi connectivity index (χ4n) is 2.05. The predicted octanol–water partition coefficient (Wildman–Crippen LogP) is 3.24. The van der Waals surface area contributed by atoms with Crippen LogP contribution in [0.2, 0.25) is 0 Å². The number of esters is 1. The molecule has 0 amide bonds. The molecule has 2 aromatic rings. The molecule has 0 aliphatic heterocycles. The van der Waals surface area contributed by atoms with Crippen molar-refractivity contribution < 1.29 is 19.4 Å². The molecule has 1 N–H and O–H groups in total. The molecule has 4 heteroatoms. The van der Waals surface area contributed by atoms with E-state index in [4.69, 9.17) is 9.84 Å². The summed E-state index contributed by atoms with van der Waals surface area (Å²) in [5.74, 6) is -1.45. The van der Waals surface area contributed by atoms with Gasteiger partial charge in [-0.2, -0.15) is 0 Å². The van der Waals surface area contributed by atoms with E-state index in [0.717, 1.165) is 17.2 Å². The molecule has 0 aromatic heterocycles. The van der Waals surface area contributed by atoms with Crippen molar-refractivity contribution in [3.63, 3.8) is 0 Å². The lowest BCUT2D eigenvalue weighted by atomic mass is 9.95. The Kier molecular flexibility index (Phi) is 4.51. The second-order valence-corrected chi connectivity index (χ2v) is 4.30. The molecule has 0 heterocycles. The van der Waals surface area contributed by atoms with Gasteiger partial charge in [0.15, 0.2) is 0 Å². The first-order valence-corrected chi connectivity index (χ1v) is 6.31. The lowest BCUT2D eigenvalue weighted by molar-refractivity contribution is -0.131. The van der Waals surface area contributed by atoms with E-state index in [2.05, 4.69) is 0 Å². The summed E-state index contributed by atoms with van der Waals surface area (Å²) < 4.78 is 4.79. The number of carboxylic acids is 1. The minimum atomic E-state index is -1.02. The minimum Gasteiger partial charge on any atom is -0.478 e. The number of aliphatic carboxylic acids is 1. The Morgan fingerprint density at radius 3 is 2.29 bits per heavy atom. The highest BCUT2D eigenvalue weighted by molar-refractivity contribution is 5.99. The average molecular weight is 282 g/mol. The molecule has 0 radical (unpaired) electrons. The van der Waals surface area contributed by atoms with Crippen molar-refractivity contribution >= 4 is 18.0 Å². The second kappa shape index (κ2) is 6.52. The third kappa shape index (κ3) is 3.36. The van der Waals surface area contributed by atoms with Crippen LogP contribution in [0.4, 0.5) is 0 Å². The zero-order valence-electron chi connectivity index (χ0n) is 11.4. The van der Waals surface area contributed by atoms with Crippen LogP contribution in [0, 0.1) is 0 Å². The van der Waals surface area contributed by atoms with Crippen molar-refractivity contribution in [1.29, 1.82) is 0 Å². The van der Waals surface area contributed by atoms with Crippen molar-refractivity contribution in [1.82, 2.24) is 0 Å². The van der Waals surface area contributed by atoms with Gasteiger partial charge in [0.1, 0.15) is 0 Å². The molecule has 0 aliphatic carbocycles. The van der Waals surface area contributed by atoms with Gasteiger partial charge >= 0.3 is 11.9 Å². The molecule has 0 atom stereocenters. The maximum Gasteiger partial charge on any atom is 0.338 e. The van der Waals surface area contributed by atoms with E-state index in [-0.39, 0.29) is 0 Å². The first-order chi connectivity index (χ1) is 10.1. The number of hydrogen-bond donors (Lipinski definition) is 1. The van der Waals surface area contributed by atoms with Crippen LogP contribution in [0.25, 0.3) is 17.2 Å². The van der Waals surface area contributed by atoms with E-state index in [1.807, 2.05) is 24.3 Å². The van der Waals surface area contributed by atoms with Gasteiger partial charge in [-0.15, -0.1) is 0 Å². The Morgan fingerprint density at radius 2 is 1.62 bits per heavy atom. The van der Waals surface area contributed by atoms with Crippen LogP contribution in [0.5, 0.6) is 0 Å².